The fourth-order valence-corrected chi connectivity index (χ4v) is 10.4. The number of esters is 1. The number of benzene rings is 3. The molecule has 1 aliphatic carbocycles. The van der Waals surface area contributed by atoms with Gasteiger partial charge in [-0.2, -0.15) is 0 Å². The SMILES string of the molecule is CCOC(=O)C(C1CC/C=C\CCC1)[P+](c1ccccc1)(c1ccccc1)c1ccccc1. The molecule has 3 aromatic rings. The van der Waals surface area contributed by atoms with Crippen molar-refractivity contribution in [2.45, 2.75) is 44.7 Å². The molecule has 0 saturated heterocycles. The van der Waals surface area contributed by atoms with Crippen molar-refractivity contribution in [3.8, 4) is 0 Å². The second kappa shape index (κ2) is 11.4. The Morgan fingerprint density at radius 2 is 1.27 bits per heavy atom. The molecular formula is C30H34O2P+. The molecule has 2 nitrogen and oxygen atoms in total. The molecular weight excluding hydrogens is 423 g/mol. The molecule has 2 unspecified atom stereocenters. The average molecular weight is 458 g/mol. The van der Waals surface area contributed by atoms with E-state index in [1.54, 1.807) is 0 Å². The Balaban J connectivity index is 2.03. The van der Waals surface area contributed by atoms with E-state index >= 15 is 0 Å². The van der Waals surface area contributed by atoms with E-state index in [9.17, 15) is 4.79 Å². The Bertz CT molecular complexity index is 934. The maximum absolute atomic E-state index is 14.0. The monoisotopic (exact) mass is 457 g/mol. The lowest BCUT2D eigenvalue weighted by atomic mass is 9.91. The number of carbonyl (C=O) groups excluding carboxylic acids is 1. The van der Waals surface area contributed by atoms with E-state index in [4.69, 9.17) is 4.74 Å². The minimum absolute atomic E-state index is 0.0445. The molecule has 3 heteroatoms. The zero-order valence-electron chi connectivity index (χ0n) is 19.5. The zero-order chi connectivity index (χ0) is 22.9. The maximum Gasteiger partial charge on any atom is 0.348 e. The number of hydrogen-bond donors (Lipinski definition) is 0. The number of carbonyl (C=O) groups is 1. The predicted molar refractivity (Wildman–Crippen MR) is 141 cm³/mol. The molecule has 3 aromatic carbocycles. The number of rotatable bonds is 7. The van der Waals surface area contributed by atoms with Gasteiger partial charge < -0.3 is 4.74 Å². The molecule has 0 saturated carbocycles. The first kappa shape index (κ1) is 23.5. The molecule has 2 atom stereocenters. The normalized spacial score (nSPS) is 18.5. The Hall–Kier alpha value is -2.70. The highest BCUT2D eigenvalue weighted by Crippen LogP contribution is 2.63. The highest BCUT2D eigenvalue weighted by molar-refractivity contribution is 7.96. The van der Waals surface area contributed by atoms with Gasteiger partial charge in [-0.25, -0.2) is 4.79 Å². The Morgan fingerprint density at radius 1 is 0.788 bits per heavy atom. The Kier molecular flexibility index (Phi) is 8.13. The quantitative estimate of drug-likeness (QED) is 0.245. The van der Waals surface area contributed by atoms with Crippen molar-refractivity contribution in [3.05, 3.63) is 103 Å². The first-order valence-corrected chi connectivity index (χ1v) is 14.0. The summed E-state index contributed by atoms with van der Waals surface area (Å²) < 4.78 is 5.87. The summed E-state index contributed by atoms with van der Waals surface area (Å²) in [6.45, 7) is 2.32. The first-order chi connectivity index (χ1) is 16.3. The molecule has 0 bridgehead atoms. The second-order valence-corrected chi connectivity index (χ2v) is 12.2. The Morgan fingerprint density at radius 3 is 1.76 bits per heavy atom. The van der Waals surface area contributed by atoms with Crippen LogP contribution in [-0.4, -0.2) is 18.2 Å². The topological polar surface area (TPSA) is 26.3 Å². The van der Waals surface area contributed by atoms with Crippen LogP contribution in [0.25, 0.3) is 0 Å². The van der Waals surface area contributed by atoms with Crippen LogP contribution in [0.3, 0.4) is 0 Å². The number of ether oxygens (including phenoxy) is 1. The van der Waals surface area contributed by atoms with E-state index < -0.39 is 7.26 Å². The number of allylic oxidation sites excluding steroid dienone is 2. The van der Waals surface area contributed by atoms with Crippen LogP contribution in [0.5, 0.6) is 0 Å². The van der Waals surface area contributed by atoms with E-state index in [-0.39, 0.29) is 17.5 Å². The van der Waals surface area contributed by atoms with Gasteiger partial charge in [0.1, 0.15) is 23.2 Å². The van der Waals surface area contributed by atoms with Gasteiger partial charge in [0, 0.05) is 5.92 Å². The summed E-state index contributed by atoms with van der Waals surface area (Å²) in [5, 5.41) is 3.74. The van der Waals surface area contributed by atoms with Crippen molar-refractivity contribution in [2.24, 2.45) is 5.92 Å². The fourth-order valence-electron chi connectivity index (χ4n) is 5.32. The highest BCUT2D eigenvalue weighted by atomic mass is 31.2. The van der Waals surface area contributed by atoms with Crippen LogP contribution in [0, 0.1) is 5.92 Å². The molecule has 0 spiro atoms. The second-order valence-electron chi connectivity index (χ2n) is 8.67. The summed E-state index contributed by atoms with van der Waals surface area (Å²) >= 11 is 0. The van der Waals surface area contributed by atoms with E-state index in [2.05, 4.69) is 103 Å². The average Bonchev–Trinajstić information content (AvgIpc) is 2.85. The largest absolute Gasteiger partial charge is 0.463 e. The van der Waals surface area contributed by atoms with E-state index in [1.807, 2.05) is 6.92 Å². The standard InChI is InChI=1S/C30H34O2P/c1-2-32-30(31)29(25-17-9-4-3-5-10-18-25)33(26-19-11-6-12-20-26,27-21-13-7-14-22-27)28-23-15-8-16-24-28/h3-4,6-8,11-16,19-25,29H,2,5,9-10,17-18H2,1H3/q+1/b4-3-. The van der Waals surface area contributed by atoms with Crippen LogP contribution >= 0.6 is 7.26 Å². The first-order valence-electron chi connectivity index (χ1n) is 12.2. The third kappa shape index (κ3) is 4.97. The van der Waals surface area contributed by atoms with Crippen molar-refractivity contribution < 1.29 is 9.53 Å². The predicted octanol–water partition coefficient (Wildman–Crippen LogP) is 6.05. The van der Waals surface area contributed by atoms with Crippen molar-refractivity contribution >= 4 is 29.1 Å². The van der Waals surface area contributed by atoms with Crippen LogP contribution in [0.1, 0.15) is 39.0 Å². The van der Waals surface area contributed by atoms with Gasteiger partial charge in [0.15, 0.2) is 5.66 Å². The molecule has 0 amide bonds. The molecule has 4 rings (SSSR count). The molecule has 33 heavy (non-hydrogen) atoms. The minimum Gasteiger partial charge on any atom is -0.463 e. The van der Waals surface area contributed by atoms with E-state index in [0.717, 1.165) is 32.1 Å². The fraction of sp³-hybridized carbons (Fsp3) is 0.300. The van der Waals surface area contributed by atoms with Gasteiger partial charge in [0.05, 0.1) is 6.61 Å². The molecule has 0 radical (unpaired) electrons. The van der Waals surface area contributed by atoms with E-state index in [1.165, 1.54) is 15.9 Å². The molecule has 0 aromatic heterocycles. The zero-order valence-corrected chi connectivity index (χ0v) is 20.4. The van der Waals surface area contributed by atoms with Crippen LogP contribution in [0.15, 0.2) is 103 Å². The third-order valence-corrected chi connectivity index (χ3v) is 11.5. The van der Waals surface area contributed by atoms with Gasteiger partial charge in [-0.1, -0.05) is 66.7 Å². The molecule has 170 valence electrons. The third-order valence-electron chi connectivity index (χ3n) is 6.70. The smallest absolute Gasteiger partial charge is 0.348 e. The van der Waals surface area contributed by atoms with Gasteiger partial charge >= 0.3 is 5.97 Å². The molecule has 1 aliphatic rings. The van der Waals surface area contributed by atoms with Gasteiger partial charge in [-0.3, -0.25) is 0 Å². The summed E-state index contributed by atoms with van der Waals surface area (Å²) in [6, 6.07) is 32.2. The van der Waals surface area contributed by atoms with Gasteiger partial charge in [-0.05, 0) is 75.4 Å². The summed E-state index contributed by atoms with van der Waals surface area (Å²) in [4.78, 5) is 14.0. The van der Waals surface area contributed by atoms with Crippen LogP contribution in [0.4, 0.5) is 0 Å². The Labute approximate surface area is 199 Å². The summed E-state index contributed by atoms with van der Waals surface area (Å²) in [5.41, 5.74) is -0.212. The van der Waals surface area contributed by atoms with Crippen molar-refractivity contribution in [3.63, 3.8) is 0 Å². The van der Waals surface area contributed by atoms with Crippen LogP contribution < -0.4 is 15.9 Å². The van der Waals surface area contributed by atoms with Gasteiger partial charge in [-0.15, -0.1) is 0 Å². The lowest BCUT2D eigenvalue weighted by Crippen LogP contribution is -2.46. The molecule has 0 heterocycles. The highest BCUT2D eigenvalue weighted by Gasteiger charge is 2.58. The van der Waals surface area contributed by atoms with Gasteiger partial charge in [0.2, 0.25) is 0 Å². The van der Waals surface area contributed by atoms with Crippen molar-refractivity contribution in [2.75, 3.05) is 6.61 Å². The van der Waals surface area contributed by atoms with Gasteiger partial charge in [0.25, 0.3) is 0 Å². The maximum atomic E-state index is 14.0. The lowest BCUT2D eigenvalue weighted by Gasteiger charge is -2.37. The van der Waals surface area contributed by atoms with Crippen LogP contribution in [0.2, 0.25) is 0 Å². The minimum atomic E-state index is -2.35. The van der Waals surface area contributed by atoms with Crippen molar-refractivity contribution in [1.29, 1.82) is 0 Å². The summed E-state index contributed by atoms with van der Waals surface area (Å²) in [5.74, 6) is 0.222. The summed E-state index contributed by atoms with van der Waals surface area (Å²) in [6.07, 6.45) is 9.84. The summed E-state index contributed by atoms with van der Waals surface area (Å²) in [7, 11) is -2.35. The lowest BCUT2D eigenvalue weighted by molar-refractivity contribution is -0.143. The van der Waals surface area contributed by atoms with Crippen LogP contribution in [-0.2, 0) is 9.53 Å². The number of hydrogen-bond acceptors (Lipinski definition) is 2. The molecule has 0 aliphatic heterocycles. The van der Waals surface area contributed by atoms with E-state index in [0.29, 0.717) is 6.61 Å². The molecule has 0 N–H and O–H groups in total. The molecule has 0 fully saturated rings. The van der Waals surface area contributed by atoms with Crippen molar-refractivity contribution in [1.82, 2.24) is 0 Å².